The molecule has 0 aliphatic heterocycles. The van der Waals surface area contributed by atoms with Crippen molar-refractivity contribution in [2.24, 2.45) is 0 Å². The van der Waals surface area contributed by atoms with Crippen LogP contribution in [0.5, 0.6) is 0 Å². The van der Waals surface area contributed by atoms with Gasteiger partial charge >= 0.3 is 0 Å². The standard InChI is InChI=1S/C19H18IN/c1-14(21-13-16-8-3-5-12-19(16)20)17-11-6-9-15-7-2-4-10-18(15)17/h2-12,14,21H,13H2,1H3/t14-/m1/s1. The first-order valence-electron chi connectivity index (χ1n) is 7.20. The van der Waals surface area contributed by atoms with Gasteiger partial charge in [-0.3, -0.25) is 0 Å². The molecule has 2 heteroatoms. The molecule has 0 bridgehead atoms. The van der Waals surface area contributed by atoms with Gasteiger partial charge in [-0.2, -0.15) is 0 Å². The topological polar surface area (TPSA) is 12.0 Å². The summed E-state index contributed by atoms with van der Waals surface area (Å²) in [5.74, 6) is 0. The Morgan fingerprint density at radius 2 is 1.62 bits per heavy atom. The van der Waals surface area contributed by atoms with E-state index in [4.69, 9.17) is 0 Å². The SMILES string of the molecule is C[C@@H](NCc1ccccc1I)c1cccc2ccccc12. The monoisotopic (exact) mass is 387 g/mol. The van der Waals surface area contributed by atoms with Crippen LogP contribution >= 0.6 is 22.6 Å². The van der Waals surface area contributed by atoms with Crippen LogP contribution in [-0.2, 0) is 6.54 Å². The van der Waals surface area contributed by atoms with E-state index >= 15 is 0 Å². The number of nitrogens with one attached hydrogen (secondary N) is 1. The lowest BCUT2D eigenvalue weighted by Crippen LogP contribution is -2.18. The zero-order valence-corrected chi connectivity index (χ0v) is 14.2. The van der Waals surface area contributed by atoms with E-state index in [-0.39, 0.29) is 0 Å². The Morgan fingerprint density at radius 3 is 2.48 bits per heavy atom. The molecular weight excluding hydrogens is 369 g/mol. The molecule has 106 valence electrons. The van der Waals surface area contributed by atoms with Crippen molar-refractivity contribution in [2.45, 2.75) is 19.5 Å². The smallest absolute Gasteiger partial charge is 0.0301 e. The maximum atomic E-state index is 3.64. The first-order valence-corrected chi connectivity index (χ1v) is 8.28. The molecule has 0 fully saturated rings. The van der Waals surface area contributed by atoms with E-state index in [1.54, 1.807) is 0 Å². The summed E-state index contributed by atoms with van der Waals surface area (Å²) in [5, 5.41) is 6.28. The highest BCUT2D eigenvalue weighted by Gasteiger charge is 2.09. The number of fused-ring (bicyclic) bond motifs is 1. The zero-order valence-electron chi connectivity index (χ0n) is 12.0. The van der Waals surface area contributed by atoms with Crippen molar-refractivity contribution >= 4 is 33.4 Å². The molecule has 21 heavy (non-hydrogen) atoms. The third kappa shape index (κ3) is 3.27. The highest BCUT2D eigenvalue weighted by molar-refractivity contribution is 14.1. The fraction of sp³-hybridized carbons (Fsp3) is 0.158. The van der Waals surface area contributed by atoms with Crippen LogP contribution in [-0.4, -0.2) is 0 Å². The van der Waals surface area contributed by atoms with Crippen molar-refractivity contribution in [3.63, 3.8) is 0 Å². The van der Waals surface area contributed by atoms with Crippen molar-refractivity contribution in [1.82, 2.24) is 5.32 Å². The van der Waals surface area contributed by atoms with Crippen LogP contribution in [0.15, 0.2) is 66.7 Å². The minimum Gasteiger partial charge on any atom is -0.306 e. The van der Waals surface area contributed by atoms with Crippen LogP contribution in [0.4, 0.5) is 0 Å². The van der Waals surface area contributed by atoms with Crippen LogP contribution in [0.3, 0.4) is 0 Å². The van der Waals surface area contributed by atoms with Gasteiger partial charge in [0.2, 0.25) is 0 Å². The molecule has 0 radical (unpaired) electrons. The van der Waals surface area contributed by atoms with Crippen LogP contribution in [0.1, 0.15) is 24.1 Å². The van der Waals surface area contributed by atoms with E-state index in [0.717, 1.165) is 6.54 Å². The third-order valence-electron chi connectivity index (χ3n) is 3.85. The molecule has 0 aliphatic carbocycles. The van der Waals surface area contributed by atoms with Crippen LogP contribution in [0.2, 0.25) is 0 Å². The molecule has 0 spiro atoms. The van der Waals surface area contributed by atoms with E-state index in [2.05, 4.69) is 102 Å². The summed E-state index contributed by atoms with van der Waals surface area (Å²) >= 11 is 2.40. The first kappa shape index (κ1) is 14.5. The molecule has 1 atom stereocenters. The van der Waals surface area contributed by atoms with Gasteiger partial charge in [-0.1, -0.05) is 60.7 Å². The van der Waals surface area contributed by atoms with Gasteiger partial charge in [0, 0.05) is 16.2 Å². The number of rotatable bonds is 4. The molecule has 0 heterocycles. The second kappa shape index (κ2) is 6.58. The molecule has 3 rings (SSSR count). The quantitative estimate of drug-likeness (QED) is 0.600. The largest absolute Gasteiger partial charge is 0.306 e. The summed E-state index contributed by atoms with van der Waals surface area (Å²) in [6, 6.07) is 24.0. The second-order valence-corrected chi connectivity index (χ2v) is 6.42. The van der Waals surface area contributed by atoms with E-state index in [0.29, 0.717) is 6.04 Å². The van der Waals surface area contributed by atoms with Gasteiger partial charge in [0.05, 0.1) is 0 Å². The normalized spacial score (nSPS) is 12.5. The van der Waals surface area contributed by atoms with Crippen molar-refractivity contribution < 1.29 is 0 Å². The maximum absolute atomic E-state index is 3.64. The Bertz CT molecular complexity index is 746. The molecule has 0 aliphatic rings. The Kier molecular flexibility index (Phi) is 4.56. The van der Waals surface area contributed by atoms with Gasteiger partial charge in [0.25, 0.3) is 0 Å². The Hall–Kier alpha value is -1.39. The predicted molar refractivity (Wildman–Crippen MR) is 98.4 cm³/mol. The van der Waals surface area contributed by atoms with Crippen LogP contribution in [0.25, 0.3) is 10.8 Å². The van der Waals surface area contributed by atoms with E-state index < -0.39 is 0 Å². The highest BCUT2D eigenvalue weighted by atomic mass is 127. The second-order valence-electron chi connectivity index (χ2n) is 5.26. The predicted octanol–water partition coefficient (Wildman–Crippen LogP) is 5.30. The minimum absolute atomic E-state index is 0.326. The minimum atomic E-state index is 0.326. The summed E-state index contributed by atoms with van der Waals surface area (Å²) in [4.78, 5) is 0. The van der Waals surface area contributed by atoms with E-state index in [1.165, 1.54) is 25.5 Å². The summed E-state index contributed by atoms with van der Waals surface area (Å²) in [6.45, 7) is 3.13. The lowest BCUT2D eigenvalue weighted by atomic mass is 9.99. The Balaban J connectivity index is 1.81. The molecule has 0 amide bonds. The number of hydrogen-bond donors (Lipinski definition) is 1. The van der Waals surface area contributed by atoms with Crippen molar-refractivity contribution in [3.8, 4) is 0 Å². The molecule has 0 saturated carbocycles. The molecule has 0 saturated heterocycles. The molecule has 3 aromatic carbocycles. The van der Waals surface area contributed by atoms with Crippen LogP contribution < -0.4 is 5.32 Å². The van der Waals surface area contributed by atoms with Crippen LogP contribution in [0, 0.1) is 3.57 Å². The highest BCUT2D eigenvalue weighted by Crippen LogP contribution is 2.24. The zero-order chi connectivity index (χ0) is 14.7. The van der Waals surface area contributed by atoms with Gasteiger partial charge in [-0.05, 0) is 57.5 Å². The molecule has 1 nitrogen and oxygen atoms in total. The van der Waals surface area contributed by atoms with Gasteiger partial charge in [0.1, 0.15) is 0 Å². The number of hydrogen-bond acceptors (Lipinski definition) is 1. The summed E-state index contributed by atoms with van der Waals surface area (Å²) < 4.78 is 1.31. The fourth-order valence-electron chi connectivity index (χ4n) is 2.64. The van der Waals surface area contributed by atoms with Crippen molar-refractivity contribution in [2.75, 3.05) is 0 Å². The average Bonchev–Trinajstić information content (AvgIpc) is 2.53. The molecule has 0 aromatic heterocycles. The molecule has 3 aromatic rings. The van der Waals surface area contributed by atoms with E-state index in [9.17, 15) is 0 Å². The first-order chi connectivity index (χ1) is 10.3. The fourth-order valence-corrected chi connectivity index (χ4v) is 3.22. The molecular formula is C19H18IN. The van der Waals surface area contributed by atoms with E-state index in [1.807, 2.05) is 0 Å². The van der Waals surface area contributed by atoms with Crippen molar-refractivity contribution in [1.29, 1.82) is 0 Å². The van der Waals surface area contributed by atoms with Crippen molar-refractivity contribution in [3.05, 3.63) is 81.4 Å². The summed E-state index contributed by atoms with van der Waals surface area (Å²) in [6.07, 6.45) is 0. The van der Waals surface area contributed by atoms with Gasteiger partial charge in [0.15, 0.2) is 0 Å². The number of benzene rings is 3. The molecule has 0 unspecified atom stereocenters. The maximum Gasteiger partial charge on any atom is 0.0301 e. The Morgan fingerprint density at radius 1 is 0.905 bits per heavy atom. The average molecular weight is 387 g/mol. The molecule has 1 N–H and O–H groups in total. The summed E-state index contributed by atoms with van der Waals surface area (Å²) in [5.41, 5.74) is 2.71. The lowest BCUT2D eigenvalue weighted by molar-refractivity contribution is 0.577. The summed E-state index contributed by atoms with van der Waals surface area (Å²) in [7, 11) is 0. The lowest BCUT2D eigenvalue weighted by Gasteiger charge is -2.17. The van der Waals surface area contributed by atoms with Gasteiger partial charge in [-0.15, -0.1) is 0 Å². The van der Waals surface area contributed by atoms with Gasteiger partial charge in [-0.25, -0.2) is 0 Å². The Labute approximate surface area is 139 Å². The number of halogens is 1. The third-order valence-corrected chi connectivity index (χ3v) is 4.90. The van der Waals surface area contributed by atoms with Gasteiger partial charge < -0.3 is 5.32 Å².